The van der Waals surface area contributed by atoms with E-state index >= 15 is 0 Å². The molecule has 108 valence electrons. The van der Waals surface area contributed by atoms with Gasteiger partial charge >= 0.3 is 0 Å². The quantitative estimate of drug-likeness (QED) is 0.804. The molecule has 0 spiro atoms. The second kappa shape index (κ2) is 7.60. The highest BCUT2D eigenvalue weighted by atomic mass is 79.9. The third-order valence-corrected chi connectivity index (χ3v) is 3.44. The number of nitrogens with zero attached hydrogens (tertiary/aromatic N) is 4. The molecule has 0 N–H and O–H groups in total. The fourth-order valence-corrected chi connectivity index (χ4v) is 2.06. The average molecular weight is 347 g/mol. The van der Waals surface area contributed by atoms with Crippen LogP contribution in [0.1, 0.15) is 12.6 Å². The predicted octanol–water partition coefficient (Wildman–Crippen LogP) is 3.02. The van der Waals surface area contributed by atoms with Gasteiger partial charge in [0.25, 0.3) is 0 Å². The molecule has 0 atom stereocenters. The van der Waals surface area contributed by atoms with Crippen LogP contribution in [0.5, 0.6) is 5.75 Å². The molecule has 0 saturated carbocycles. The van der Waals surface area contributed by atoms with Crippen molar-refractivity contribution in [3.63, 3.8) is 0 Å². The first-order valence-electron chi connectivity index (χ1n) is 6.60. The molecule has 1 aromatic carbocycles. The number of hydrogen-bond donors (Lipinski definition) is 0. The first-order valence-corrected chi connectivity index (χ1v) is 7.39. The van der Waals surface area contributed by atoms with E-state index in [9.17, 15) is 0 Å². The van der Waals surface area contributed by atoms with E-state index in [0.29, 0.717) is 18.8 Å². The van der Waals surface area contributed by atoms with Crippen LogP contribution in [0.25, 0.3) is 0 Å². The lowest BCUT2D eigenvalue weighted by molar-refractivity contribution is 0.324. The summed E-state index contributed by atoms with van der Waals surface area (Å²) >= 11 is 3.39. The van der Waals surface area contributed by atoms with Crippen LogP contribution in [0.4, 0.5) is 5.82 Å². The summed E-state index contributed by atoms with van der Waals surface area (Å²) in [7, 11) is 0. The lowest BCUT2D eigenvalue weighted by Crippen LogP contribution is -2.29. The molecule has 0 fully saturated rings. The van der Waals surface area contributed by atoms with Crippen molar-refractivity contribution in [3.05, 3.63) is 46.6 Å². The molecule has 0 aliphatic rings. The Kier molecular flexibility index (Phi) is 5.52. The number of rotatable bonds is 6. The van der Waals surface area contributed by atoms with Crippen molar-refractivity contribution in [1.82, 2.24) is 10.2 Å². The zero-order valence-electron chi connectivity index (χ0n) is 11.7. The molecule has 2 rings (SSSR count). The Morgan fingerprint density at radius 2 is 1.95 bits per heavy atom. The molecule has 1 aromatic heterocycles. The average Bonchev–Trinajstić information content (AvgIpc) is 2.53. The number of hydrogen-bond acceptors (Lipinski definition) is 5. The van der Waals surface area contributed by atoms with Gasteiger partial charge in [0.2, 0.25) is 0 Å². The molecule has 0 bridgehead atoms. The lowest BCUT2D eigenvalue weighted by Gasteiger charge is -2.21. The van der Waals surface area contributed by atoms with Crippen molar-refractivity contribution in [1.29, 1.82) is 5.26 Å². The second-order valence-electron chi connectivity index (χ2n) is 4.27. The molecule has 0 radical (unpaired) electrons. The Balaban J connectivity index is 1.90. The fourth-order valence-electron chi connectivity index (χ4n) is 1.79. The smallest absolute Gasteiger partial charge is 0.163 e. The van der Waals surface area contributed by atoms with Gasteiger partial charge in [-0.25, -0.2) is 0 Å². The van der Waals surface area contributed by atoms with Crippen LogP contribution >= 0.6 is 15.9 Å². The number of likely N-dealkylation sites (N-methyl/N-ethyl adjacent to an activating group) is 1. The molecule has 0 amide bonds. The van der Waals surface area contributed by atoms with Gasteiger partial charge in [0.05, 0.1) is 6.54 Å². The summed E-state index contributed by atoms with van der Waals surface area (Å²) in [5.41, 5.74) is 0.320. The maximum atomic E-state index is 8.72. The van der Waals surface area contributed by atoms with Crippen LogP contribution in [0.3, 0.4) is 0 Å². The van der Waals surface area contributed by atoms with E-state index in [0.717, 1.165) is 22.6 Å². The minimum absolute atomic E-state index is 0.320. The molecule has 1 heterocycles. The monoisotopic (exact) mass is 346 g/mol. The topological polar surface area (TPSA) is 62.0 Å². The summed E-state index contributed by atoms with van der Waals surface area (Å²) in [6.45, 7) is 4.09. The van der Waals surface area contributed by atoms with E-state index in [2.05, 4.69) is 26.1 Å². The number of anilines is 1. The summed E-state index contributed by atoms with van der Waals surface area (Å²) in [5, 5.41) is 16.6. The van der Waals surface area contributed by atoms with Gasteiger partial charge in [-0.05, 0) is 43.3 Å². The number of aromatic nitrogens is 2. The lowest BCUT2D eigenvalue weighted by atomic mass is 10.3. The number of ether oxygens (including phenoxy) is 1. The number of nitriles is 1. The minimum atomic E-state index is 0.320. The normalized spacial score (nSPS) is 9.95. The summed E-state index contributed by atoms with van der Waals surface area (Å²) in [5.74, 6) is 1.58. The molecular weight excluding hydrogens is 332 g/mol. The van der Waals surface area contributed by atoms with Crippen LogP contribution in [0, 0.1) is 11.3 Å². The van der Waals surface area contributed by atoms with Gasteiger partial charge in [-0.3, -0.25) is 0 Å². The maximum absolute atomic E-state index is 8.72. The molecule has 0 unspecified atom stereocenters. The molecule has 6 heteroatoms. The second-order valence-corrected chi connectivity index (χ2v) is 5.19. The molecule has 0 aliphatic heterocycles. The van der Waals surface area contributed by atoms with Crippen LogP contribution in [0.2, 0.25) is 0 Å². The van der Waals surface area contributed by atoms with Crippen molar-refractivity contribution < 1.29 is 4.74 Å². The standard InChI is InChI=1S/C15H15BrN4O/c1-2-20(15-8-5-13(11-17)18-19-15)9-10-21-14-6-3-12(16)4-7-14/h3-8H,2,9-10H2,1H3. The zero-order valence-corrected chi connectivity index (χ0v) is 13.2. The van der Waals surface area contributed by atoms with Gasteiger partial charge in [0, 0.05) is 11.0 Å². The molecule has 21 heavy (non-hydrogen) atoms. The van der Waals surface area contributed by atoms with E-state index in [-0.39, 0.29) is 0 Å². The minimum Gasteiger partial charge on any atom is -0.492 e. The molecule has 0 aliphatic carbocycles. The van der Waals surface area contributed by atoms with E-state index in [1.807, 2.05) is 42.2 Å². The number of benzene rings is 1. The maximum Gasteiger partial charge on any atom is 0.163 e. The molecular formula is C15H15BrN4O. The molecule has 5 nitrogen and oxygen atoms in total. The predicted molar refractivity (Wildman–Crippen MR) is 84.3 cm³/mol. The number of halogens is 1. The van der Waals surface area contributed by atoms with Gasteiger partial charge in [-0.2, -0.15) is 5.26 Å². The van der Waals surface area contributed by atoms with Gasteiger partial charge < -0.3 is 9.64 Å². The van der Waals surface area contributed by atoms with E-state index in [1.54, 1.807) is 12.1 Å². The SMILES string of the molecule is CCN(CCOc1ccc(Br)cc1)c1ccc(C#N)nn1. The van der Waals surface area contributed by atoms with E-state index < -0.39 is 0 Å². The largest absolute Gasteiger partial charge is 0.492 e. The van der Waals surface area contributed by atoms with Crippen molar-refractivity contribution in [2.45, 2.75) is 6.92 Å². The Morgan fingerprint density at radius 1 is 1.19 bits per heavy atom. The van der Waals surface area contributed by atoms with Crippen molar-refractivity contribution in [2.75, 3.05) is 24.6 Å². The van der Waals surface area contributed by atoms with Crippen LogP contribution in [-0.4, -0.2) is 29.9 Å². The van der Waals surface area contributed by atoms with Crippen LogP contribution < -0.4 is 9.64 Å². The van der Waals surface area contributed by atoms with Crippen LogP contribution in [0.15, 0.2) is 40.9 Å². The molecule has 0 saturated heterocycles. The summed E-state index contributed by atoms with van der Waals surface area (Å²) < 4.78 is 6.72. The van der Waals surface area contributed by atoms with E-state index in [4.69, 9.17) is 10.00 Å². The van der Waals surface area contributed by atoms with Gasteiger partial charge in [-0.1, -0.05) is 15.9 Å². The Bertz CT molecular complexity index is 607. The summed E-state index contributed by atoms with van der Waals surface area (Å²) in [4.78, 5) is 2.05. The highest BCUT2D eigenvalue weighted by Crippen LogP contribution is 2.16. The third kappa shape index (κ3) is 4.43. The highest BCUT2D eigenvalue weighted by Gasteiger charge is 2.07. The Morgan fingerprint density at radius 3 is 2.52 bits per heavy atom. The highest BCUT2D eigenvalue weighted by molar-refractivity contribution is 9.10. The van der Waals surface area contributed by atoms with Crippen LogP contribution in [-0.2, 0) is 0 Å². The van der Waals surface area contributed by atoms with Crippen molar-refractivity contribution >= 4 is 21.7 Å². The Hall–Kier alpha value is -2.13. The van der Waals surface area contributed by atoms with Gasteiger partial charge in [0.1, 0.15) is 18.4 Å². The van der Waals surface area contributed by atoms with Gasteiger partial charge in [0.15, 0.2) is 11.5 Å². The summed E-state index contributed by atoms with van der Waals surface area (Å²) in [6, 6.07) is 13.2. The Labute approximate surface area is 132 Å². The third-order valence-electron chi connectivity index (χ3n) is 2.91. The van der Waals surface area contributed by atoms with Gasteiger partial charge in [-0.15, -0.1) is 10.2 Å². The van der Waals surface area contributed by atoms with E-state index in [1.165, 1.54) is 0 Å². The summed E-state index contributed by atoms with van der Waals surface area (Å²) in [6.07, 6.45) is 0. The first-order chi connectivity index (χ1) is 10.2. The zero-order chi connectivity index (χ0) is 15.1. The van der Waals surface area contributed by atoms with Crippen molar-refractivity contribution in [3.8, 4) is 11.8 Å². The molecule has 2 aromatic rings. The fraction of sp³-hybridized carbons (Fsp3) is 0.267. The first kappa shape index (κ1) is 15.3. The van der Waals surface area contributed by atoms with Crippen molar-refractivity contribution in [2.24, 2.45) is 0 Å².